The molecule has 3 rings (SSSR count). The lowest BCUT2D eigenvalue weighted by molar-refractivity contribution is -0.137. The summed E-state index contributed by atoms with van der Waals surface area (Å²) >= 11 is 1.34. The van der Waals surface area contributed by atoms with Crippen LogP contribution < -0.4 is 5.32 Å². The number of benzene rings is 1. The van der Waals surface area contributed by atoms with Gasteiger partial charge in [0.2, 0.25) is 5.82 Å². The van der Waals surface area contributed by atoms with Gasteiger partial charge in [0.15, 0.2) is 5.82 Å². The second kappa shape index (κ2) is 8.11. The van der Waals surface area contributed by atoms with Gasteiger partial charge in [0.25, 0.3) is 5.91 Å². The SMILES string of the molecule is COCC(C)NC(=O)c1nc(-c2cccs2)n(-c2cccc(C(F)(F)F)c2)n1. The Kier molecular flexibility index (Phi) is 5.80. The molecule has 0 saturated carbocycles. The maximum absolute atomic E-state index is 13.1. The number of amides is 1. The van der Waals surface area contributed by atoms with Crippen LogP contribution in [0, 0.1) is 0 Å². The molecule has 2 aromatic heterocycles. The number of carbonyl (C=O) groups excluding carboxylic acids is 1. The highest BCUT2D eigenvalue weighted by Crippen LogP contribution is 2.32. The van der Waals surface area contributed by atoms with Crippen LogP contribution in [-0.4, -0.2) is 40.4 Å². The zero-order valence-electron chi connectivity index (χ0n) is 15.0. The van der Waals surface area contributed by atoms with E-state index >= 15 is 0 Å². The molecule has 6 nitrogen and oxygen atoms in total. The van der Waals surface area contributed by atoms with E-state index in [1.165, 1.54) is 35.3 Å². The van der Waals surface area contributed by atoms with E-state index in [0.29, 0.717) is 17.3 Å². The Morgan fingerprint density at radius 1 is 1.32 bits per heavy atom. The molecule has 3 aromatic rings. The van der Waals surface area contributed by atoms with E-state index in [-0.39, 0.29) is 17.6 Å². The number of alkyl halides is 3. The first kappa shape index (κ1) is 20.0. The largest absolute Gasteiger partial charge is 0.416 e. The number of hydrogen-bond acceptors (Lipinski definition) is 5. The summed E-state index contributed by atoms with van der Waals surface area (Å²) in [5, 5.41) is 8.66. The summed E-state index contributed by atoms with van der Waals surface area (Å²) in [6.07, 6.45) is -4.49. The first-order valence-corrected chi connectivity index (χ1v) is 9.16. The van der Waals surface area contributed by atoms with Gasteiger partial charge in [-0.05, 0) is 36.6 Å². The summed E-state index contributed by atoms with van der Waals surface area (Å²) < 4.78 is 45.5. The smallest absolute Gasteiger partial charge is 0.383 e. The minimum atomic E-state index is -4.49. The van der Waals surface area contributed by atoms with Crippen molar-refractivity contribution < 1.29 is 22.7 Å². The third-order valence-corrected chi connectivity index (χ3v) is 4.63. The highest BCUT2D eigenvalue weighted by Gasteiger charge is 2.31. The molecule has 0 radical (unpaired) electrons. The molecule has 148 valence electrons. The van der Waals surface area contributed by atoms with Crippen LogP contribution in [0.1, 0.15) is 23.1 Å². The van der Waals surface area contributed by atoms with Gasteiger partial charge in [-0.3, -0.25) is 4.79 Å². The Morgan fingerprint density at radius 3 is 2.75 bits per heavy atom. The predicted octanol–water partition coefficient (Wildman–Crippen LogP) is 3.78. The molecule has 0 aliphatic rings. The van der Waals surface area contributed by atoms with Gasteiger partial charge < -0.3 is 10.1 Å². The molecular formula is C18H17F3N4O2S. The van der Waals surface area contributed by atoms with Crippen LogP contribution in [-0.2, 0) is 10.9 Å². The maximum atomic E-state index is 13.1. The molecule has 1 atom stereocenters. The number of carbonyl (C=O) groups is 1. The number of thiophene rings is 1. The van der Waals surface area contributed by atoms with Crippen LogP contribution in [0.2, 0.25) is 0 Å². The van der Waals surface area contributed by atoms with E-state index in [2.05, 4.69) is 15.4 Å². The quantitative estimate of drug-likeness (QED) is 0.672. The van der Waals surface area contributed by atoms with E-state index in [1.807, 2.05) is 0 Å². The second-order valence-corrected chi connectivity index (χ2v) is 6.97. The lowest BCUT2D eigenvalue weighted by atomic mass is 10.2. The molecule has 1 unspecified atom stereocenters. The summed E-state index contributed by atoms with van der Waals surface area (Å²) in [7, 11) is 1.51. The number of ether oxygens (including phenoxy) is 1. The van der Waals surface area contributed by atoms with Crippen molar-refractivity contribution in [1.29, 1.82) is 0 Å². The average Bonchev–Trinajstić information content (AvgIpc) is 3.31. The monoisotopic (exact) mass is 410 g/mol. The first-order valence-electron chi connectivity index (χ1n) is 8.28. The number of nitrogens with zero attached hydrogens (tertiary/aromatic N) is 3. The van der Waals surface area contributed by atoms with Crippen molar-refractivity contribution >= 4 is 17.2 Å². The third kappa shape index (κ3) is 4.39. The predicted molar refractivity (Wildman–Crippen MR) is 98.5 cm³/mol. The highest BCUT2D eigenvalue weighted by molar-refractivity contribution is 7.13. The molecule has 1 amide bonds. The van der Waals surface area contributed by atoms with Crippen LogP contribution >= 0.6 is 11.3 Å². The Labute approximate surface area is 163 Å². The van der Waals surface area contributed by atoms with E-state index in [0.717, 1.165) is 12.1 Å². The maximum Gasteiger partial charge on any atom is 0.416 e. The van der Waals surface area contributed by atoms with Crippen LogP contribution in [0.3, 0.4) is 0 Å². The number of methoxy groups -OCH3 is 1. The molecule has 0 spiro atoms. The summed E-state index contributed by atoms with van der Waals surface area (Å²) in [4.78, 5) is 17.4. The zero-order chi connectivity index (χ0) is 20.3. The molecule has 28 heavy (non-hydrogen) atoms. The van der Waals surface area contributed by atoms with Gasteiger partial charge in [0.1, 0.15) is 0 Å². The molecular weight excluding hydrogens is 393 g/mol. The average molecular weight is 410 g/mol. The molecule has 0 aliphatic heterocycles. The van der Waals surface area contributed by atoms with Gasteiger partial charge in [0, 0.05) is 13.2 Å². The molecule has 0 fully saturated rings. The second-order valence-electron chi connectivity index (χ2n) is 6.03. The van der Waals surface area contributed by atoms with Crippen molar-refractivity contribution in [2.75, 3.05) is 13.7 Å². The van der Waals surface area contributed by atoms with Gasteiger partial charge in [0.05, 0.1) is 22.7 Å². The number of nitrogens with one attached hydrogen (secondary N) is 1. The molecule has 10 heteroatoms. The van der Waals surface area contributed by atoms with Crippen molar-refractivity contribution in [3.63, 3.8) is 0 Å². The van der Waals surface area contributed by atoms with E-state index in [4.69, 9.17) is 4.74 Å². The summed E-state index contributed by atoms with van der Waals surface area (Å²) in [5.41, 5.74) is -0.646. The van der Waals surface area contributed by atoms with Crippen molar-refractivity contribution in [3.8, 4) is 16.4 Å². The summed E-state index contributed by atoms with van der Waals surface area (Å²) in [6.45, 7) is 2.06. The number of rotatable bonds is 6. The van der Waals surface area contributed by atoms with E-state index < -0.39 is 17.6 Å². The normalized spacial score (nSPS) is 12.8. The van der Waals surface area contributed by atoms with Gasteiger partial charge in [-0.2, -0.15) is 13.2 Å². The molecule has 0 aliphatic carbocycles. The van der Waals surface area contributed by atoms with E-state index in [9.17, 15) is 18.0 Å². The first-order chi connectivity index (χ1) is 13.3. The number of hydrogen-bond donors (Lipinski definition) is 1. The van der Waals surface area contributed by atoms with E-state index in [1.54, 1.807) is 24.4 Å². The third-order valence-electron chi connectivity index (χ3n) is 3.76. The molecule has 1 N–H and O–H groups in total. The minimum absolute atomic E-state index is 0.135. The fraction of sp³-hybridized carbons (Fsp3) is 0.278. The fourth-order valence-corrected chi connectivity index (χ4v) is 3.25. The standard InChI is InChI=1S/C18H17F3N4O2S/c1-11(10-27-2)22-17(26)15-23-16(14-7-4-8-28-14)25(24-15)13-6-3-5-12(9-13)18(19,20)21/h3-9,11H,10H2,1-2H3,(H,22,26). The number of halogens is 3. The molecule has 2 heterocycles. The zero-order valence-corrected chi connectivity index (χ0v) is 15.8. The van der Waals surface area contributed by atoms with Crippen LogP contribution in [0.4, 0.5) is 13.2 Å². The number of aromatic nitrogens is 3. The van der Waals surface area contributed by atoms with Crippen LogP contribution in [0.25, 0.3) is 16.4 Å². The minimum Gasteiger partial charge on any atom is -0.383 e. The van der Waals surface area contributed by atoms with Crippen LogP contribution in [0.5, 0.6) is 0 Å². The van der Waals surface area contributed by atoms with Crippen molar-refractivity contribution in [2.45, 2.75) is 19.1 Å². The Morgan fingerprint density at radius 2 is 2.11 bits per heavy atom. The fourth-order valence-electron chi connectivity index (χ4n) is 2.55. The molecule has 0 bridgehead atoms. The van der Waals surface area contributed by atoms with Gasteiger partial charge in [-0.25, -0.2) is 9.67 Å². The van der Waals surface area contributed by atoms with Gasteiger partial charge in [-0.15, -0.1) is 16.4 Å². The van der Waals surface area contributed by atoms with Gasteiger partial charge in [-0.1, -0.05) is 12.1 Å². The van der Waals surface area contributed by atoms with Crippen molar-refractivity contribution in [1.82, 2.24) is 20.1 Å². The Balaban J connectivity index is 2.03. The van der Waals surface area contributed by atoms with Crippen LogP contribution in [0.15, 0.2) is 41.8 Å². The Hall–Kier alpha value is -2.72. The Bertz CT molecular complexity index is 954. The van der Waals surface area contributed by atoms with Gasteiger partial charge >= 0.3 is 6.18 Å². The highest BCUT2D eigenvalue weighted by atomic mass is 32.1. The summed E-state index contributed by atoms with van der Waals surface area (Å²) in [6, 6.07) is 7.99. The van der Waals surface area contributed by atoms with Crippen molar-refractivity contribution in [3.05, 3.63) is 53.2 Å². The van der Waals surface area contributed by atoms with Crippen molar-refractivity contribution in [2.24, 2.45) is 0 Å². The topological polar surface area (TPSA) is 69.0 Å². The lowest BCUT2D eigenvalue weighted by Crippen LogP contribution is -2.36. The molecule has 1 aromatic carbocycles. The summed E-state index contributed by atoms with van der Waals surface area (Å²) in [5.74, 6) is -0.379. The lowest BCUT2D eigenvalue weighted by Gasteiger charge is -2.10. The molecule has 0 saturated heterocycles.